The highest BCUT2D eigenvalue weighted by Crippen LogP contribution is 2.67. The summed E-state index contributed by atoms with van der Waals surface area (Å²) in [7, 11) is 4.00. The smallest absolute Gasteiger partial charge is 0.250 e. The van der Waals surface area contributed by atoms with Crippen LogP contribution in [0.5, 0.6) is 0 Å². The molecule has 44 heavy (non-hydrogen) atoms. The van der Waals surface area contributed by atoms with Gasteiger partial charge in [0.15, 0.2) is 0 Å². The minimum atomic E-state index is -0.913. The normalized spacial score (nSPS) is 20.2. The van der Waals surface area contributed by atoms with E-state index in [9.17, 15) is 9.59 Å². The Morgan fingerprint density at radius 3 is 2.27 bits per heavy atom. The number of carbonyl (C=O) groups excluding carboxylic acids is 2. The van der Waals surface area contributed by atoms with Crippen LogP contribution in [0.25, 0.3) is 10.9 Å². The third-order valence-electron chi connectivity index (χ3n) is 10.1. The molecule has 1 saturated heterocycles. The molecule has 1 aromatic heterocycles. The first-order valence-corrected chi connectivity index (χ1v) is 16.9. The van der Waals surface area contributed by atoms with E-state index in [0.29, 0.717) is 25.8 Å². The number of anilines is 2. The van der Waals surface area contributed by atoms with Gasteiger partial charge >= 0.3 is 0 Å². The maximum Gasteiger partial charge on any atom is 0.250 e. The standard InChI is InChI=1S/C37H44N4O2S/c1-25-33(29-13-9-10-14-31(29)38-25)34-30(36(34,2)3)23-32(42)41(24-26-11-7-6-8-12-26)37(19-21-44-22-20-37)35(43)39-27-15-17-28(18-16-27)40(4)5/h6-18,30,34,38H,19-24H2,1-5H3,(H,39,43)/t30-,34+/m0/s1. The van der Waals surface area contributed by atoms with Gasteiger partial charge in [0.1, 0.15) is 5.54 Å². The van der Waals surface area contributed by atoms with Crippen LogP contribution in [0.15, 0.2) is 78.9 Å². The van der Waals surface area contributed by atoms with E-state index in [1.54, 1.807) is 0 Å². The number of para-hydroxylation sites is 1. The zero-order valence-corrected chi connectivity index (χ0v) is 27.3. The van der Waals surface area contributed by atoms with Gasteiger partial charge in [-0.2, -0.15) is 11.8 Å². The summed E-state index contributed by atoms with van der Waals surface area (Å²) in [4.78, 5) is 36.6. The first-order valence-electron chi connectivity index (χ1n) is 15.7. The zero-order chi connectivity index (χ0) is 31.1. The van der Waals surface area contributed by atoms with Crippen LogP contribution in [-0.4, -0.2) is 52.8 Å². The van der Waals surface area contributed by atoms with Crippen LogP contribution in [0, 0.1) is 18.3 Å². The van der Waals surface area contributed by atoms with Crippen molar-refractivity contribution >= 4 is 45.9 Å². The minimum Gasteiger partial charge on any atom is -0.378 e. The molecule has 2 heterocycles. The first kappa shape index (κ1) is 30.3. The van der Waals surface area contributed by atoms with Crippen LogP contribution in [0.3, 0.4) is 0 Å². The Kier molecular flexibility index (Phi) is 8.27. The highest BCUT2D eigenvalue weighted by molar-refractivity contribution is 7.99. The van der Waals surface area contributed by atoms with Crippen LogP contribution in [0.4, 0.5) is 11.4 Å². The fourth-order valence-electron chi connectivity index (χ4n) is 7.36. The number of amides is 2. The lowest BCUT2D eigenvalue weighted by Gasteiger charge is -2.45. The average molecular weight is 609 g/mol. The number of carbonyl (C=O) groups is 2. The van der Waals surface area contributed by atoms with Crippen molar-refractivity contribution in [3.8, 4) is 0 Å². The van der Waals surface area contributed by atoms with E-state index in [1.165, 1.54) is 16.6 Å². The lowest BCUT2D eigenvalue weighted by molar-refractivity contribution is -0.147. The van der Waals surface area contributed by atoms with Gasteiger partial charge in [-0.15, -0.1) is 0 Å². The number of aryl methyl sites for hydroxylation is 1. The summed E-state index contributed by atoms with van der Waals surface area (Å²) in [6.07, 6.45) is 1.69. The van der Waals surface area contributed by atoms with Crippen molar-refractivity contribution in [3.05, 3.63) is 95.7 Å². The quantitative estimate of drug-likeness (QED) is 0.205. The van der Waals surface area contributed by atoms with Crippen LogP contribution < -0.4 is 10.2 Å². The van der Waals surface area contributed by atoms with Gasteiger partial charge in [0.05, 0.1) is 0 Å². The molecule has 0 bridgehead atoms. The first-order chi connectivity index (χ1) is 21.1. The molecule has 230 valence electrons. The number of aromatic nitrogens is 1. The Bertz CT molecular complexity index is 1640. The number of fused-ring (bicyclic) bond motifs is 1. The molecule has 1 saturated carbocycles. The number of hydrogen-bond acceptors (Lipinski definition) is 4. The van der Waals surface area contributed by atoms with E-state index in [0.717, 1.165) is 34.0 Å². The average Bonchev–Trinajstić information content (AvgIpc) is 3.37. The molecule has 2 N–H and O–H groups in total. The second kappa shape index (κ2) is 12.0. The number of rotatable bonds is 9. The van der Waals surface area contributed by atoms with Crippen molar-refractivity contribution in [2.75, 3.05) is 35.8 Å². The highest BCUT2D eigenvalue weighted by Gasteiger charge is 2.60. The van der Waals surface area contributed by atoms with Gasteiger partial charge in [0.2, 0.25) is 11.8 Å². The molecule has 2 fully saturated rings. The number of benzene rings is 3. The van der Waals surface area contributed by atoms with Crippen molar-refractivity contribution < 1.29 is 9.59 Å². The predicted molar refractivity (Wildman–Crippen MR) is 183 cm³/mol. The van der Waals surface area contributed by atoms with Crippen molar-refractivity contribution in [1.29, 1.82) is 0 Å². The highest BCUT2D eigenvalue weighted by atomic mass is 32.2. The van der Waals surface area contributed by atoms with Gasteiger partial charge in [0, 0.05) is 55.0 Å². The lowest BCUT2D eigenvalue weighted by Crippen LogP contribution is -2.60. The van der Waals surface area contributed by atoms with Gasteiger partial charge < -0.3 is 20.1 Å². The van der Waals surface area contributed by atoms with E-state index >= 15 is 0 Å². The number of aromatic amines is 1. The number of H-pyrrole nitrogens is 1. The monoisotopic (exact) mass is 608 g/mol. The third kappa shape index (κ3) is 5.63. The third-order valence-corrected chi connectivity index (χ3v) is 11.1. The van der Waals surface area contributed by atoms with Crippen LogP contribution in [0.1, 0.15) is 55.8 Å². The summed E-state index contributed by atoms with van der Waals surface area (Å²) in [6.45, 7) is 7.14. The maximum atomic E-state index is 14.7. The fourth-order valence-corrected chi connectivity index (χ4v) is 8.53. The van der Waals surface area contributed by atoms with E-state index in [4.69, 9.17) is 0 Å². The summed E-state index contributed by atoms with van der Waals surface area (Å²) in [5.74, 6) is 2.15. The Morgan fingerprint density at radius 1 is 0.932 bits per heavy atom. The Balaban J connectivity index is 1.32. The van der Waals surface area contributed by atoms with Crippen LogP contribution in [0.2, 0.25) is 0 Å². The molecule has 2 aliphatic rings. The SMILES string of the molecule is Cc1[nH]c2ccccc2c1[C@H]1[C@H](CC(=O)N(Cc2ccccc2)C2(C(=O)Nc3ccc(N(C)C)cc3)CCSCC2)C1(C)C. The Morgan fingerprint density at radius 2 is 1.59 bits per heavy atom. The zero-order valence-electron chi connectivity index (χ0n) is 26.5. The van der Waals surface area contributed by atoms with Crippen LogP contribution in [-0.2, 0) is 16.1 Å². The van der Waals surface area contributed by atoms with Crippen LogP contribution >= 0.6 is 11.8 Å². The number of thioether (sulfide) groups is 1. The van der Waals surface area contributed by atoms with Gasteiger partial charge in [-0.1, -0.05) is 62.4 Å². The molecule has 1 aliphatic carbocycles. The summed E-state index contributed by atoms with van der Waals surface area (Å²) >= 11 is 1.86. The Labute approximate surface area is 265 Å². The van der Waals surface area contributed by atoms with Gasteiger partial charge in [-0.25, -0.2) is 0 Å². The summed E-state index contributed by atoms with van der Waals surface area (Å²) in [5, 5.41) is 4.47. The lowest BCUT2D eigenvalue weighted by atomic mass is 9.87. The molecule has 1 aliphatic heterocycles. The molecule has 7 heteroatoms. The second-order valence-electron chi connectivity index (χ2n) is 13.3. The molecule has 6 rings (SSSR count). The predicted octanol–water partition coefficient (Wildman–Crippen LogP) is 7.61. The number of nitrogens with one attached hydrogen (secondary N) is 2. The topological polar surface area (TPSA) is 68.4 Å². The largest absolute Gasteiger partial charge is 0.378 e. The van der Waals surface area contributed by atoms with E-state index in [-0.39, 0.29) is 29.1 Å². The molecule has 0 unspecified atom stereocenters. The van der Waals surface area contributed by atoms with Gasteiger partial charge in [-0.3, -0.25) is 9.59 Å². The van der Waals surface area contributed by atoms with E-state index in [1.807, 2.05) is 78.1 Å². The van der Waals surface area contributed by atoms with Gasteiger partial charge in [0.25, 0.3) is 0 Å². The van der Waals surface area contributed by atoms with Crippen molar-refractivity contribution in [2.24, 2.45) is 11.3 Å². The number of nitrogens with zero attached hydrogens (tertiary/aromatic N) is 2. The molecule has 3 aromatic carbocycles. The van der Waals surface area contributed by atoms with E-state index < -0.39 is 5.54 Å². The van der Waals surface area contributed by atoms with Gasteiger partial charge in [-0.05, 0) is 90.0 Å². The molecule has 6 nitrogen and oxygen atoms in total. The Hall–Kier alpha value is -3.71. The van der Waals surface area contributed by atoms with Crippen molar-refractivity contribution in [3.63, 3.8) is 0 Å². The summed E-state index contributed by atoms with van der Waals surface area (Å²) in [6, 6.07) is 26.5. The maximum absolute atomic E-state index is 14.7. The second-order valence-corrected chi connectivity index (χ2v) is 14.5. The minimum absolute atomic E-state index is 0.0180. The molecular formula is C37H44N4O2S. The summed E-state index contributed by atoms with van der Waals surface area (Å²) < 4.78 is 0. The molecular weight excluding hydrogens is 565 g/mol. The number of hydrogen-bond donors (Lipinski definition) is 2. The van der Waals surface area contributed by atoms with Crippen molar-refractivity contribution in [1.82, 2.24) is 9.88 Å². The molecule has 4 aromatic rings. The summed E-state index contributed by atoms with van der Waals surface area (Å²) in [5.41, 5.74) is 5.59. The fraction of sp³-hybridized carbons (Fsp3) is 0.405. The van der Waals surface area contributed by atoms with Crippen molar-refractivity contribution in [2.45, 2.75) is 58.0 Å². The molecule has 0 radical (unpaired) electrons. The molecule has 0 spiro atoms. The molecule has 2 atom stereocenters. The molecule has 2 amide bonds. The van der Waals surface area contributed by atoms with E-state index in [2.05, 4.69) is 67.5 Å².